The number of aromatic nitrogens is 1. The minimum absolute atomic E-state index is 0.0530. The van der Waals surface area contributed by atoms with E-state index >= 15 is 0 Å². The van der Waals surface area contributed by atoms with Crippen LogP contribution in [0.5, 0.6) is 0 Å². The Bertz CT molecular complexity index is 3530. The zero-order chi connectivity index (χ0) is 43.0. The van der Waals surface area contributed by atoms with Crippen molar-refractivity contribution >= 4 is 44.4 Å². The van der Waals surface area contributed by atoms with Crippen LogP contribution in [0.3, 0.4) is 0 Å². The summed E-state index contributed by atoms with van der Waals surface area (Å²) in [5, 5.41) is 21.8. The molecule has 0 aliphatic heterocycles. The van der Waals surface area contributed by atoms with E-state index in [2.05, 4.69) is 187 Å². The molecule has 64 heavy (non-hydrogen) atoms. The Balaban J connectivity index is 0.964. The van der Waals surface area contributed by atoms with E-state index in [1.807, 2.05) is 42.5 Å². The molecule has 0 saturated heterocycles. The maximum Gasteiger partial charge on any atom is 0.221 e. The third-order valence-electron chi connectivity index (χ3n) is 12.2. The summed E-state index contributed by atoms with van der Waals surface area (Å²) in [6.45, 7) is 0. The maximum absolute atomic E-state index is 8.59. The van der Waals surface area contributed by atoms with Gasteiger partial charge in [-0.2, -0.15) is 0 Å². The Kier molecular flexibility index (Phi) is 9.79. The van der Waals surface area contributed by atoms with Gasteiger partial charge >= 0.3 is 0 Å². The number of hydrogen-bond donors (Lipinski definition) is 2. The highest BCUT2D eigenvalue weighted by Gasteiger charge is 2.18. The Morgan fingerprint density at radius 2 is 0.734 bits per heavy atom. The Hall–Kier alpha value is -8.60. The zero-order valence-corrected chi connectivity index (χ0v) is 34.9. The van der Waals surface area contributed by atoms with Crippen molar-refractivity contribution in [2.24, 2.45) is 0 Å². The van der Waals surface area contributed by atoms with Crippen LogP contribution in [0.4, 0.5) is 0 Å². The number of benzene rings is 10. The van der Waals surface area contributed by atoms with Crippen molar-refractivity contribution in [2.75, 3.05) is 0 Å². The number of para-hydroxylation sites is 1. The molecule has 11 aromatic rings. The number of rotatable bonds is 8. The van der Waals surface area contributed by atoms with Gasteiger partial charge in [-0.25, -0.2) is 0 Å². The van der Waals surface area contributed by atoms with E-state index in [0.29, 0.717) is 11.1 Å². The summed E-state index contributed by atoms with van der Waals surface area (Å²) in [6, 6.07) is 82.7. The number of nitrogens with one attached hydrogen (secondary N) is 2. The number of ether oxygens (including phenoxy) is 1. The smallest absolute Gasteiger partial charge is 0.221 e. The van der Waals surface area contributed by atoms with Crippen molar-refractivity contribution in [3.8, 4) is 61.3 Å². The first-order valence-corrected chi connectivity index (χ1v) is 21.5. The van der Waals surface area contributed by atoms with E-state index in [9.17, 15) is 0 Å². The maximum atomic E-state index is 8.59. The van der Waals surface area contributed by atoms with Crippen LogP contribution in [0, 0.1) is 10.8 Å². The minimum Gasteiger partial charge on any atom is -0.421 e. The first-order valence-electron chi connectivity index (χ1n) is 21.5. The van der Waals surface area contributed by atoms with Crippen molar-refractivity contribution in [1.82, 2.24) is 4.57 Å². The van der Waals surface area contributed by atoms with Gasteiger partial charge in [0, 0.05) is 27.6 Å². The summed E-state index contributed by atoms with van der Waals surface area (Å²) >= 11 is 0. The van der Waals surface area contributed by atoms with Gasteiger partial charge in [-0.15, -0.1) is 0 Å². The molecule has 0 aliphatic carbocycles. The van der Waals surface area contributed by atoms with Crippen LogP contribution in [0.1, 0.15) is 11.1 Å². The second-order valence-corrected chi connectivity index (χ2v) is 16.1. The lowest BCUT2D eigenvalue weighted by molar-refractivity contribution is 0.538. The van der Waals surface area contributed by atoms with Crippen LogP contribution in [0.25, 0.3) is 93.9 Å². The van der Waals surface area contributed by atoms with Crippen molar-refractivity contribution in [3.63, 3.8) is 0 Å². The van der Waals surface area contributed by atoms with Crippen LogP contribution in [-0.4, -0.2) is 16.4 Å². The number of fused-ring (bicyclic) bond motifs is 4. The molecule has 4 heteroatoms. The van der Waals surface area contributed by atoms with Crippen LogP contribution in [0.15, 0.2) is 237 Å². The molecule has 0 fully saturated rings. The topological polar surface area (TPSA) is 61.9 Å². The summed E-state index contributed by atoms with van der Waals surface area (Å²) in [5.74, 6) is -0.118. The predicted octanol–water partition coefficient (Wildman–Crippen LogP) is 15.6. The first-order chi connectivity index (χ1) is 31.6. The van der Waals surface area contributed by atoms with Gasteiger partial charge in [0.2, 0.25) is 11.8 Å². The third kappa shape index (κ3) is 7.13. The minimum atomic E-state index is -0.0648. The first kappa shape index (κ1) is 38.3. The van der Waals surface area contributed by atoms with E-state index in [1.54, 1.807) is 12.1 Å². The van der Waals surface area contributed by atoms with Gasteiger partial charge in [-0.1, -0.05) is 170 Å². The van der Waals surface area contributed by atoms with E-state index in [-0.39, 0.29) is 11.8 Å². The fraction of sp³-hybridized carbons (Fsp3) is 0. The average Bonchev–Trinajstić information content (AvgIpc) is 3.70. The van der Waals surface area contributed by atoms with E-state index in [1.165, 1.54) is 43.8 Å². The van der Waals surface area contributed by atoms with Crippen molar-refractivity contribution in [1.29, 1.82) is 10.8 Å². The average molecular weight is 820 g/mol. The lowest BCUT2D eigenvalue weighted by atomic mass is 9.89. The highest BCUT2D eigenvalue weighted by Crippen LogP contribution is 2.42. The van der Waals surface area contributed by atoms with Gasteiger partial charge in [-0.05, 0) is 133 Å². The molecule has 1 heterocycles. The third-order valence-corrected chi connectivity index (χ3v) is 12.2. The Morgan fingerprint density at radius 3 is 1.36 bits per heavy atom. The van der Waals surface area contributed by atoms with E-state index in [4.69, 9.17) is 15.6 Å². The Labute approximate surface area is 372 Å². The number of hydrogen-bond acceptors (Lipinski definition) is 3. The summed E-state index contributed by atoms with van der Waals surface area (Å²) in [6.07, 6.45) is 0. The summed E-state index contributed by atoms with van der Waals surface area (Å²) in [5.41, 5.74) is 16.1. The molecule has 0 aliphatic rings. The Morgan fingerprint density at radius 1 is 0.312 bits per heavy atom. The van der Waals surface area contributed by atoms with Gasteiger partial charge in [0.15, 0.2) is 0 Å². The standard InChI is InChI=1S/C60H41N3O/c61-59(44-14-3-1-4-15-44)64-60(62)45-30-28-43(29-31-45)51-19-9-11-21-53(51)54-22-12-10-20-52(54)49-34-36-58-56(39-49)55-38-48(33-35-57(55)63(58)50-17-5-2-6-18-50)42-25-23-41(24-26-42)47-32-27-40-13-7-8-16-46(40)37-47/h1-39,61-62H. The van der Waals surface area contributed by atoms with Crippen LogP contribution in [-0.2, 0) is 4.74 Å². The molecule has 0 spiro atoms. The van der Waals surface area contributed by atoms with Gasteiger partial charge in [0.25, 0.3) is 0 Å². The van der Waals surface area contributed by atoms with E-state index in [0.717, 1.165) is 50.1 Å². The molecule has 10 aromatic carbocycles. The highest BCUT2D eigenvalue weighted by atomic mass is 16.5. The van der Waals surface area contributed by atoms with Gasteiger partial charge in [-0.3, -0.25) is 10.8 Å². The summed E-state index contributed by atoms with van der Waals surface area (Å²) in [7, 11) is 0. The molecule has 0 atom stereocenters. The van der Waals surface area contributed by atoms with E-state index < -0.39 is 0 Å². The molecule has 302 valence electrons. The van der Waals surface area contributed by atoms with Crippen LogP contribution < -0.4 is 0 Å². The fourth-order valence-electron chi connectivity index (χ4n) is 9.00. The molecule has 0 bridgehead atoms. The molecular formula is C60H41N3O. The molecule has 11 rings (SSSR count). The molecular weight excluding hydrogens is 779 g/mol. The summed E-state index contributed by atoms with van der Waals surface area (Å²) in [4.78, 5) is 0. The summed E-state index contributed by atoms with van der Waals surface area (Å²) < 4.78 is 8.01. The highest BCUT2D eigenvalue weighted by molar-refractivity contribution is 6.12. The van der Waals surface area contributed by atoms with Crippen LogP contribution in [0.2, 0.25) is 0 Å². The normalized spacial score (nSPS) is 11.2. The van der Waals surface area contributed by atoms with Gasteiger partial charge < -0.3 is 9.30 Å². The van der Waals surface area contributed by atoms with Crippen LogP contribution >= 0.6 is 0 Å². The van der Waals surface area contributed by atoms with Crippen molar-refractivity contribution in [3.05, 3.63) is 248 Å². The molecule has 2 N–H and O–H groups in total. The molecule has 0 saturated carbocycles. The second-order valence-electron chi connectivity index (χ2n) is 16.1. The van der Waals surface area contributed by atoms with Crippen molar-refractivity contribution < 1.29 is 4.74 Å². The lowest BCUT2D eigenvalue weighted by Gasteiger charge is -2.15. The van der Waals surface area contributed by atoms with Gasteiger partial charge in [0.05, 0.1) is 11.0 Å². The largest absolute Gasteiger partial charge is 0.421 e. The predicted molar refractivity (Wildman–Crippen MR) is 267 cm³/mol. The monoisotopic (exact) mass is 819 g/mol. The molecule has 0 radical (unpaired) electrons. The fourth-order valence-corrected chi connectivity index (χ4v) is 9.00. The molecule has 0 amide bonds. The zero-order valence-electron chi connectivity index (χ0n) is 34.9. The quantitative estimate of drug-likeness (QED) is 0.116. The molecule has 1 aromatic heterocycles. The van der Waals surface area contributed by atoms with Gasteiger partial charge in [0.1, 0.15) is 0 Å². The molecule has 4 nitrogen and oxygen atoms in total. The number of nitrogens with zero attached hydrogens (tertiary/aromatic N) is 1. The van der Waals surface area contributed by atoms with Crippen molar-refractivity contribution in [2.45, 2.75) is 0 Å². The lowest BCUT2D eigenvalue weighted by Crippen LogP contribution is -2.12. The SMILES string of the molecule is N=C(OC(=N)c1ccc(-c2ccccc2-c2ccccc2-c2ccc3c(c2)c2cc(-c4ccc(-c5ccc6ccccc6c5)cc4)ccc2n3-c2ccccc2)cc1)c1ccccc1. The second kappa shape index (κ2) is 16.4. The molecule has 0 unspecified atom stereocenters.